The lowest BCUT2D eigenvalue weighted by molar-refractivity contribution is 0.442. The molecule has 0 unspecified atom stereocenters. The summed E-state index contributed by atoms with van der Waals surface area (Å²) in [5.41, 5.74) is 0.475. The Balaban J connectivity index is 1.95. The highest BCUT2D eigenvalue weighted by Crippen LogP contribution is 2.39. The molecular formula is C25H21NO7S3. The molecule has 0 aliphatic carbocycles. The Labute approximate surface area is 209 Å². The lowest BCUT2D eigenvalue weighted by atomic mass is 10.2. The van der Waals surface area contributed by atoms with Crippen molar-refractivity contribution in [2.75, 3.05) is 4.72 Å². The number of hydrogen-bond donors (Lipinski definition) is 2. The van der Waals surface area contributed by atoms with Crippen LogP contribution in [0.25, 0.3) is 0 Å². The van der Waals surface area contributed by atoms with Crippen molar-refractivity contribution in [1.29, 1.82) is 0 Å². The fourth-order valence-electron chi connectivity index (χ4n) is 3.44. The van der Waals surface area contributed by atoms with E-state index in [1.807, 2.05) is 0 Å². The second-order valence-corrected chi connectivity index (χ2v) is 13.4. The zero-order chi connectivity index (χ0) is 26.1. The molecule has 0 heterocycles. The van der Waals surface area contributed by atoms with E-state index in [-0.39, 0.29) is 20.4 Å². The molecule has 4 rings (SSSR count). The van der Waals surface area contributed by atoms with Gasteiger partial charge in [-0.2, -0.15) is 0 Å². The molecule has 0 aliphatic heterocycles. The minimum atomic E-state index is -4.43. The van der Waals surface area contributed by atoms with Crippen molar-refractivity contribution in [3.05, 3.63) is 103 Å². The van der Waals surface area contributed by atoms with Gasteiger partial charge in [-0.15, -0.1) is 0 Å². The summed E-state index contributed by atoms with van der Waals surface area (Å²) in [6, 6.07) is 21.9. The lowest BCUT2D eigenvalue weighted by Crippen LogP contribution is -2.15. The van der Waals surface area contributed by atoms with Gasteiger partial charge in [-0.1, -0.05) is 54.1 Å². The van der Waals surface area contributed by atoms with Crippen LogP contribution in [0.3, 0.4) is 0 Å². The van der Waals surface area contributed by atoms with Gasteiger partial charge in [-0.3, -0.25) is 4.72 Å². The number of phenolic OH excluding ortho intramolecular Hbond substituents is 1. The molecule has 11 heteroatoms. The molecule has 186 valence electrons. The number of phenols is 1. The molecule has 0 saturated heterocycles. The maximum absolute atomic E-state index is 13.4. The number of anilines is 1. The van der Waals surface area contributed by atoms with Crippen LogP contribution in [0.1, 0.15) is 5.56 Å². The van der Waals surface area contributed by atoms with Gasteiger partial charge in [0.1, 0.15) is 9.79 Å². The highest BCUT2D eigenvalue weighted by Gasteiger charge is 2.31. The molecule has 0 amide bonds. The first kappa shape index (κ1) is 25.4. The van der Waals surface area contributed by atoms with Crippen LogP contribution in [-0.4, -0.2) is 30.4 Å². The van der Waals surface area contributed by atoms with Crippen molar-refractivity contribution in [2.45, 2.75) is 31.4 Å². The molecule has 0 spiro atoms. The van der Waals surface area contributed by atoms with Crippen LogP contribution in [0.15, 0.2) is 122 Å². The molecule has 4 aromatic carbocycles. The van der Waals surface area contributed by atoms with E-state index in [9.17, 15) is 30.4 Å². The summed E-state index contributed by atoms with van der Waals surface area (Å²) < 4.78 is 81.7. The molecule has 2 N–H and O–H groups in total. The monoisotopic (exact) mass is 543 g/mol. The molecule has 0 saturated carbocycles. The van der Waals surface area contributed by atoms with E-state index in [0.29, 0.717) is 0 Å². The summed E-state index contributed by atoms with van der Waals surface area (Å²) in [5.74, 6) is -1.01. The number of aromatic hydroxyl groups is 1. The summed E-state index contributed by atoms with van der Waals surface area (Å²) in [7, 11) is -13.1. The molecule has 4 aromatic rings. The van der Waals surface area contributed by atoms with Crippen LogP contribution in [-0.2, 0) is 29.7 Å². The maximum atomic E-state index is 13.4. The predicted molar refractivity (Wildman–Crippen MR) is 134 cm³/mol. The highest BCUT2D eigenvalue weighted by atomic mass is 32.2. The zero-order valence-electron chi connectivity index (χ0n) is 18.9. The number of sulfonamides is 1. The molecule has 0 aromatic heterocycles. The largest absolute Gasteiger partial charge is 0.505 e. The van der Waals surface area contributed by atoms with E-state index >= 15 is 0 Å². The van der Waals surface area contributed by atoms with Crippen molar-refractivity contribution in [3.63, 3.8) is 0 Å². The van der Waals surface area contributed by atoms with Crippen molar-refractivity contribution in [2.24, 2.45) is 0 Å². The molecule has 0 bridgehead atoms. The minimum Gasteiger partial charge on any atom is -0.505 e. The van der Waals surface area contributed by atoms with E-state index < -0.39 is 45.2 Å². The fraction of sp³-hybridized carbons (Fsp3) is 0.0400. The third kappa shape index (κ3) is 4.85. The average Bonchev–Trinajstić information content (AvgIpc) is 2.86. The fourth-order valence-corrected chi connectivity index (χ4v) is 7.37. The molecule has 0 aliphatic rings. The van der Waals surface area contributed by atoms with Gasteiger partial charge in [-0.05, 0) is 55.5 Å². The average molecular weight is 544 g/mol. The standard InChI is InChI=1S/C25H21NO7S3/c1-18-12-14-22(15-13-18)36(32,33)26-19-16-23(34(28,29)20-8-4-2-5-9-20)25(27)24(17-19)35(30,31)21-10-6-3-7-11-21/h2-17,26-27H,1H3. The normalized spacial score (nSPS) is 12.2. The topological polar surface area (TPSA) is 135 Å². The van der Waals surface area contributed by atoms with Crippen LogP contribution in [0, 0.1) is 6.92 Å². The summed E-state index contributed by atoms with van der Waals surface area (Å²) in [6.45, 7) is 1.78. The van der Waals surface area contributed by atoms with Gasteiger partial charge < -0.3 is 5.11 Å². The quantitative estimate of drug-likeness (QED) is 0.334. The number of benzene rings is 4. The van der Waals surface area contributed by atoms with Gasteiger partial charge in [0.25, 0.3) is 10.0 Å². The van der Waals surface area contributed by atoms with Crippen molar-refractivity contribution in [1.82, 2.24) is 0 Å². The van der Waals surface area contributed by atoms with Crippen molar-refractivity contribution in [3.8, 4) is 5.75 Å². The number of nitrogens with one attached hydrogen (secondary N) is 1. The summed E-state index contributed by atoms with van der Waals surface area (Å²) >= 11 is 0. The summed E-state index contributed by atoms with van der Waals surface area (Å²) in [4.78, 5) is -2.04. The van der Waals surface area contributed by atoms with Crippen LogP contribution in [0.5, 0.6) is 5.75 Å². The number of aryl methyl sites for hydroxylation is 1. The second-order valence-electron chi connectivity index (χ2n) is 7.87. The van der Waals surface area contributed by atoms with Gasteiger partial charge in [0, 0.05) is 0 Å². The lowest BCUT2D eigenvalue weighted by Gasteiger charge is -2.16. The Kier molecular flexibility index (Phi) is 6.65. The first-order valence-electron chi connectivity index (χ1n) is 10.5. The molecule has 0 atom stereocenters. The molecule has 8 nitrogen and oxygen atoms in total. The highest BCUT2D eigenvalue weighted by molar-refractivity contribution is 7.93. The van der Waals surface area contributed by atoms with E-state index in [0.717, 1.165) is 17.7 Å². The van der Waals surface area contributed by atoms with E-state index in [1.54, 1.807) is 31.2 Å². The SMILES string of the molecule is Cc1ccc(S(=O)(=O)Nc2cc(S(=O)(=O)c3ccccc3)c(O)c(S(=O)(=O)c3ccccc3)c2)cc1. The van der Waals surface area contributed by atoms with Crippen LogP contribution in [0.2, 0.25) is 0 Å². The molecule has 0 fully saturated rings. The Hall–Kier alpha value is -3.67. The van der Waals surface area contributed by atoms with Crippen LogP contribution in [0.4, 0.5) is 5.69 Å². The van der Waals surface area contributed by atoms with Crippen LogP contribution < -0.4 is 4.72 Å². The smallest absolute Gasteiger partial charge is 0.261 e. The van der Waals surface area contributed by atoms with Crippen LogP contribution >= 0.6 is 0 Å². The van der Waals surface area contributed by atoms with E-state index in [1.165, 1.54) is 60.7 Å². The van der Waals surface area contributed by atoms with E-state index in [2.05, 4.69) is 4.72 Å². The second kappa shape index (κ2) is 9.41. The van der Waals surface area contributed by atoms with E-state index in [4.69, 9.17) is 0 Å². The molecular weight excluding hydrogens is 522 g/mol. The Bertz CT molecular complexity index is 1640. The van der Waals surface area contributed by atoms with Crippen molar-refractivity contribution >= 4 is 35.4 Å². The molecule has 0 radical (unpaired) electrons. The first-order valence-corrected chi connectivity index (χ1v) is 14.9. The van der Waals surface area contributed by atoms with Gasteiger partial charge in [0.15, 0.2) is 5.75 Å². The van der Waals surface area contributed by atoms with Gasteiger partial charge >= 0.3 is 0 Å². The predicted octanol–water partition coefficient (Wildman–Crippen LogP) is 4.17. The molecule has 36 heavy (non-hydrogen) atoms. The number of hydrogen-bond acceptors (Lipinski definition) is 7. The maximum Gasteiger partial charge on any atom is 0.261 e. The third-order valence-electron chi connectivity index (χ3n) is 5.31. The summed E-state index contributed by atoms with van der Waals surface area (Å²) in [5, 5.41) is 10.9. The van der Waals surface area contributed by atoms with Crippen molar-refractivity contribution < 1.29 is 30.4 Å². The van der Waals surface area contributed by atoms with Gasteiger partial charge in [0.2, 0.25) is 19.7 Å². The number of sulfone groups is 2. The summed E-state index contributed by atoms with van der Waals surface area (Å²) in [6.07, 6.45) is 0. The Morgan fingerprint density at radius 2 is 1.00 bits per heavy atom. The Morgan fingerprint density at radius 1 is 0.583 bits per heavy atom. The third-order valence-corrected chi connectivity index (χ3v) is 10.3. The van der Waals surface area contributed by atoms with Gasteiger partial charge in [-0.25, -0.2) is 25.3 Å². The first-order chi connectivity index (χ1) is 16.9. The minimum absolute atomic E-state index is 0.110. The number of rotatable bonds is 7. The Morgan fingerprint density at radius 3 is 1.42 bits per heavy atom. The van der Waals surface area contributed by atoms with Gasteiger partial charge in [0.05, 0.1) is 20.4 Å². The zero-order valence-corrected chi connectivity index (χ0v) is 21.3.